The molecule has 2 heterocycles. The van der Waals surface area contributed by atoms with E-state index in [4.69, 9.17) is 11.6 Å². The van der Waals surface area contributed by atoms with Crippen LogP contribution in [0.5, 0.6) is 0 Å². The van der Waals surface area contributed by atoms with Crippen LogP contribution in [-0.2, 0) is 6.18 Å². The predicted molar refractivity (Wildman–Crippen MR) is 107 cm³/mol. The van der Waals surface area contributed by atoms with Gasteiger partial charge in [-0.2, -0.15) is 13.2 Å². The molecule has 0 amide bonds. The second kappa shape index (κ2) is 7.27. The molecule has 0 unspecified atom stereocenters. The third-order valence-corrected chi connectivity index (χ3v) is 5.59. The molecule has 0 saturated heterocycles. The first-order valence-corrected chi connectivity index (χ1v) is 9.57. The molecule has 0 atom stereocenters. The maximum atomic E-state index is 13.5. The highest BCUT2D eigenvalue weighted by Gasteiger charge is 2.34. The molecule has 0 aliphatic rings. The minimum Gasteiger partial charge on any atom is -0.339 e. The van der Waals surface area contributed by atoms with Gasteiger partial charge in [0.1, 0.15) is 22.8 Å². The Balaban J connectivity index is 1.89. The van der Waals surface area contributed by atoms with Crippen LogP contribution in [0.3, 0.4) is 0 Å². The highest BCUT2D eigenvalue weighted by molar-refractivity contribution is 7.19. The lowest BCUT2D eigenvalue weighted by molar-refractivity contribution is -0.136. The summed E-state index contributed by atoms with van der Waals surface area (Å²) >= 11 is 7.15. The lowest BCUT2D eigenvalue weighted by atomic mass is 10.0. The Morgan fingerprint density at radius 1 is 1.03 bits per heavy atom. The van der Waals surface area contributed by atoms with Crippen LogP contribution in [0.4, 0.5) is 29.1 Å². The van der Waals surface area contributed by atoms with Gasteiger partial charge in [-0.15, -0.1) is 11.3 Å². The van der Waals surface area contributed by atoms with Crippen LogP contribution in [-0.4, -0.2) is 9.97 Å². The summed E-state index contributed by atoms with van der Waals surface area (Å²) in [6.45, 7) is 1.87. The van der Waals surface area contributed by atoms with Gasteiger partial charge in [-0.25, -0.2) is 14.4 Å². The Morgan fingerprint density at radius 3 is 2.45 bits per heavy atom. The first kappa shape index (κ1) is 19.6. The van der Waals surface area contributed by atoms with E-state index in [1.54, 1.807) is 12.1 Å². The average molecular weight is 438 g/mol. The van der Waals surface area contributed by atoms with Crippen LogP contribution in [0.2, 0.25) is 5.02 Å². The molecule has 0 bridgehead atoms. The number of anilines is 2. The number of fused-ring (bicyclic) bond motifs is 1. The summed E-state index contributed by atoms with van der Waals surface area (Å²) in [5.41, 5.74) is 0.402. The fraction of sp³-hybridized carbons (Fsp3) is 0.100. The zero-order valence-corrected chi connectivity index (χ0v) is 16.4. The first-order chi connectivity index (χ1) is 13.7. The second-order valence-corrected chi connectivity index (χ2v) is 7.89. The molecule has 29 heavy (non-hydrogen) atoms. The molecule has 0 saturated carbocycles. The van der Waals surface area contributed by atoms with Crippen LogP contribution in [0.25, 0.3) is 21.3 Å². The van der Waals surface area contributed by atoms with E-state index < -0.39 is 11.7 Å². The molecule has 3 nitrogen and oxygen atoms in total. The molecule has 1 N–H and O–H groups in total. The van der Waals surface area contributed by atoms with E-state index in [2.05, 4.69) is 15.3 Å². The highest BCUT2D eigenvalue weighted by Crippen LogP contribution is 2.43. The fourth-order valence-corrected chi connectivity index (χ4v) is 4.28. The SMILES string of the molecule is Cc1sc2ncnc(Nc3ccc(Cl)cc3C(F)(F)F)c2c1-c1ccc(F)cc1. The Labute approximate surface area is 172 Å². The van der Waals surface area contributed by atoms with E-state index in [0.29, 0.717) is 10.2 Å². The summed E-state index contributed by atoms with van der Waals surface area (Å²) in [4.78, 5) is 9.92. The van der Waals surface area contributed by atoms with Crippen molar-refractivity contribution in [3.8, 4) is 11.1 Å². The molecule has 0 fully saturated rings. The number of benzene rings is 2. The summed E-state index contributed by atoms with van der Waals surface area (Å²) in [5, 5.41) is 3.34. The molecule has 4 rings (SSSR count). The zero-order chi connectivity index (χ0) is 20.8. The van der Waals surface area contributed by atoms with E-state index in [1.807, 2.05) is 6.92 Å². The Bertz CT molecular complexity index is 1200. The van der Waals surface area contributed by atoms with Gasteiger partial charge in [0.25, 0.3) is 0 Å². The number of nitrogens with one attached hydrogen (secondary N) is 1. The summed E-state index contributed by atoms with van der Waals surface area (Å²) in [6, 6.07) is 9.38. The minimum absolute atomic E-state index is 0.0194. The van der Waals surface area contributed by atoms with Crippen LogP contribution in [0.15, 0.2) is 48.8 Å². The third kappa shape index (κ3) is 3.77. The topological polar surface area (TPSA) is 37.8 Å². The normalized spacial score (nSPS) is 11.8. The number of hydrogen-bond acceptors (Lipinski definition) is 4. The largest absolute Gasteiger partial charge is 0.418 e. The van der Waals surface area contributed by atoms with Crippen molar-refractivity contribution in [2.45, 2.75) is 13.1 Å². The highest BCUT2D eigenvalue weighted by atomic mass is 35.5. The summed E-state index contributed by atoms with van der Waals surface area (Å²) in [6.07, 6.45) is -3.30. The molecule has 9 heteroatoms. The van der Waals surface area contributed by atoms with Gasteiger partial charge in [0.2, 0.25) is 0 Å². The van der Waals surface area contributed by atoms with E-state index in [1.165, 1.54) is 41.9 Å². The van der Waals surface area contributed by atoms with E-state index >= 15 is 0 Å². The maximum Gasteiger partial charge on any atom is 0.418 e. The van der Waals surface area contributed by atoms with Crippen molar-refractivity contribution < 1.29 is 17.6 Å². The van der Waals surface area contributed by atoms with Crippen molar-refractivity contribution in [2.75, 3.05) is 5.32 Å². The first-order valence-electron chi connectivity index (χ1n) is 8.38. The molecule has 0 spiro atoms. The third-order valence-electron chi connectivity index (χ3n) is 4.34. The minimum atomic E-state index is -4.59. The number of hydrogen-bond donors (Lipinski definition) is 1. The zero-order valence-electron chi connectivity index (χ0n) is 14.8. The van der Waals surface area contributed by atoms with Crippen molar-refractivity contribution in [2.24, 2.45) is 0 Å². The van der Waals surface area contributed by atoms with Gasteiger partial charge in [0.15, 0.2) is 0 Å². The predicted octanol–water partition coefficient (Wildman–Crippen LogP) is 7.22. The smallest absolute Gasteiger partial charge is 0.339 e. The number of nitrogens with zero attached hydrogens (tertiary/aromatic N) is 2. The maximum absolute atomic E-state index is 13.5. The molecule has 2 aromatic heterocycles. The number of rotatable bonds is 3. The van der Waals surface area contributed by atoms with Gasteiger partial charge in [-0.1, -0.05) is 23.7 Å². The molecular weight excluding hydrogens is 426 g/mol. The standard InChI is InChI=1S/C20H12ClF4N3S/c1-10-16(11-2-5-13(22)6-3-11)17-18(26-9-27-19(17)29-10)28-15-7-4-12(21)8-14(15)20(23,24)25/h2-9H,1H3,(H,26,27,28). The monoisotopic (exact) mass is 437 g/mol. The number of aromatic nitrogens is 2. The van der Waals surface area contributed by atoms with E-state index in [-0.39, 0.29) is 22.3 Å². The van der Waals surface area contributed by atoms with Crippen molar-refractivity contribution in [3.63, 3.8) is 0 Å². The van der Waals surface area contributed by atoms with Crippen LogP contribution >= 0.6 is 22.9 Å². The summed E-state index contributed by atoms with van der Waals surface area (Å²) in [7, 11) is 0. The molecule has 0 radical (unpaired) electrons. The Morgan fingerprint density at radius 2 is 1.76 bits per heavy atom. The van der Waals surface area contributed by atoms with Gasteiger partial charge < -0.3 is 5.32 Å². The van der Waals surface area contributed by atoms with Crippen molar-refractivity contribution in [3.05, 3.63) is 70.1 Å². The molecule has 4 aromatic rings. The van der Waals surface area contributed by atoms with Crippen molar-refractivity contribution in [1.29, 1.82) is 0 Å². The molecular formula is C20H12ClF4N3S. The molecule has 0 aliphatic carbocycles. The number of alkyl halides is 3. The van der Waals surface area contributed by atoms with Crippen molar-refractivity contribution in [1.82, 2.24) is 9.97 Å². The van der Waals surface area contributed by atoms with Gasteiger partial charge in [-0.3, -0.25) is 0 Å². The average Bonchev–Trinajstić information content (AvgIpc) is 3.00. The Kier molecular flexibility index (Phi) is 4.92. The van der Waals surface area contributed by atoms with E-state index in [9.17, 15) is 17.6 Å². The molecule has 148 valence electrons. The lowest BCUT2D eigenvalue weighted by Crippen LogP contribution is -2.09. The van der Waals surface area contributed by atoms with Gasteiger partial charge >= 0.3 is 6.18 Å². The summed E-state index contributed by atoms with van der Waals surface area (Å²) in [5.74, 6) is -0.150. The fourth-order valence-electron chi connectivity index (χ4n) is 3.09. The van der Waals surface area contributed by atoms with E-state index in [0.717, 1.165) is 22.1 Å². The molecule has 2 aromatic carbocycles. The second-order valence-electron chi connectivity index (χ2n) is 6.26. The van der Waals surface area contributed by atoms with Gasteiger partial charge in [-0.05, 0) is 42.8 Å². The van der Waals surface area contributed by atoms with Crippen LogP contribution in [0, 0.1) is 12.7 Å². The summed E-state index contributed by atoms with van der Waals surface area (Å²) < 4.78 is 53.7. The number of thiophene rings is 1. The Hall–Kier alpha value is -2.71. The van der Waals surface area contributed by atoms with Crippen molar-refractivity contribution >= 4 is 44.7 Å². The quantitative estimate of drug-likeness (QED) is 0.344. The van der Waals surface area contributed by atoms with Gasteiger partial charge in [0.05, 0.1) is 16.6 Å². The van der Waals surface area contributed by atoms with Gasteiger partial charge in [0, 0.05) is 15.5 Å². The lowest BCUT2D eigenvalue weighted by Gasteiger charge is -2.15. The number of aryl methyl sites for hydroxylation is 1. The number of halogens is 5. The van der Waals surface area contributed by atoms with Crippen LogP contribution < -0.4 is 5.32 Å². The van der Waals surface area contributed by atoms with Crippen LogP contribution in [0.1, 0.15) is 10.4 Å². The molecule has 0 aliphatic heterocycles.